The van der Waals surface area contributed by atoms with Crippen molar-refractivity contribution in [3.63, 3.8) is 0 Å². The zero-order valence-corrected chi connectivity index (χ0v) is 12.6. The summed E-state index contributed by atoms with van der Waals surface area (Å²) in [6, 6.07) is 0. The largest absolute Gasteiger partial charge is 0.461 e. The van der Waals surface area contributed by atoms with Crippen LogP contribution in [0.2, 0.25) is 0 Å². The summed E-state index contributed by atoms with van der Waals surface area (Å²) >= 11 is 1.13. The van der Waals surface area contributed by atoms with Crippen molar-refractivity contribution >= 4 is 23.2 Å². The van der Waals surface area contributed by atoms with Crippen molar-refractivity contribution in [1.82, 2.24) is 9.88 Å². The first-order chi connectivity index (χ1) is 8.95. The summed E-state index contributed by atoms with van der Waals surface area (Å²) in [5.41, 5.74) is 0.305. The number of hydrogen-bond acceptors (Lipinski definition) is 5. The summed E-state index contributed by atoms with van der Waals surface area (Å²) < 4.78 is 4.84. The quantitative estimate of drug-likeness (QED) is 0.753. The van der Waals surface area contributed by atoms with Gasteiger partial charge in [0.05, 0.1) is 6.61 Å². The number of ether oxygens (including phenoxy) is 1. The van der Waals surface area contributed by atoms with Crippen LogP contribution in [0.1, 0.15) is 47.5 Å². The van der Waals surface area contributed by atoms with Crippen LogP contribution < -0.4 is 0 Å². The Bertz CT molecular complexity index is 443. The molecule has 0 fully saturated rings. The number of carbonyl (C=O) groups is 2. The highest BCUT2D eigenvalue weighted by atomic mass is 32.1. The topological polar surface area (TPSA) is 59.5 Å². The Morgan fingerprint density at radius 2 is 2.16 bits per heavy atom. The normalized spacial score (nSPS) is 10.6. The molecule has 0 radical (unpaired) electrons. The minimum absolute atomic E-state index is 0.160. The van der Waals surface area contributed by atoms with Crippen molar-refractivity contribution in [3.05, 3.63) is 16.1 Å². The Morgan fingerprint density at radius 1 is 1.47 bits per heavy atom. The van der Waals surface area contributed by atoms with Crippen LogP contribution in [0.3, 0.4) is 0 Å². The van der Waals surface area contributed by atoms with Gasteiger partial charge in [-0.2, -0.15) is 0 Å². The van der Waals surface area contributed by atoms with Crippen LogP contribution >= 0.6 is 11.3 Å². The number of nitrogens with zero attached hydrogens (tertiary/aromatic N) is 2. The number of hydrogen-bond donors (Lipinski definition) is 0. The fourth-order valence-corrected chi connectivity index (χ4v) is 2.09. The number of carbonyl (C=O) groups excluding carboxylic acids is 2. The summed E-state index contributed by atoms with van der Waals surface area (Å²) in [7, 11) is 1.74. The average Bonchev–Trinajstić information content (AvgIpc) is 2.84. The Kier molecular flexibility index (Phi) is 5.95. The summed E-state index contributed by atoms with van der Waals surface area (Å²) in [5, 5.41) is 1.82. The fourth-order valence-electron chi connectivity index (χ4n) is 1.41. The van der Waals surface area contributed by atoms with Gasteiger partial charge < -0.3 is 9.64 Å². The van der Waals surface area contributed by atoms with Crippen molar-refractivity contribution in [2.24, 2.45) is 5.92 Å². The number of amides is 1. The van der Waals surface area contributed by atoms with Crippen LogP contribution in [0.5, 0.6) is 0 Å². The van der Waals surface area contributed by atoms with Gasteiger partial charge in [0.25, 0.3) is 5.91 Å². The van der Waals surface area contributed by atoms with Crippen molar-refractivity contribution in [2.75, 3.05) is 20.2 Å². The monoisotopic (exact) mass is 284 g/mol. The van der Waals surface area contributed by atoms with Crippen molar-refractivity contribution in [2.45, 2.75) is 27.2 Å². The van der Waals surface area contributed by atoms with E-state index in [1.807, 2.05) is 0 Å². The number of thiazole rings is 1. The molecule has 6 heteroatoms. The van der Waals surface area contributed by atoms with Crippen LogP contribution in [0, 0.1) is 5.92 Å². The van der Waals surface area contributed by atoms with Gasteiger partial charge in [-0.15, -0.1) is 11.3 Å². The minimum atomic E-state index is -0.476. The average molecular weight is 284 g/mol. The second-order valence-electron chi connectivity index (χ2n) is 4.67. The van der Waals surface area contributed by atoms with Gasteiger partial charge in [-0.3, -0.25) is 4.79 Å². The minimum Gasteiger partial charge on any atom is -0.461 e. The number of esters is 1. The predicted molar refractivity (Wildman–Crippen MR) is 74.5 cm³/mol. The molecule has 0 aliphatic heterocycles. The lowest BCUT2D eigenvalue weighted by Gasteiger charge is -2.16. The first-order valence-corrected chi connectivity index (χ1v) is 7.21. The molecule has 0 aromatic carbocycles. The molecule has 0 spiro atoms. The van der Waals surface area contributed by atoms with Crippen LogP contribution in [-0.2, 0) is 4.74 Å². The van der Waals surface area contributed by atoms with E-state index < -0.39 is 5.97 Å². The molecule has 1 aromatic rings. The van der Waals surface area contributed by atoms with E-state index >= 15 is 0 Å². The summed E-state index contributed by atoms with van der Waals surface area (Å²) in [6.45, 7) is 6.94. The van der Waals surface area contributed by atoms with E-state index in [0.29, 0.717) is 24.8 Å². The molecule has 0 bridgehead atoms. The molecule has 1 rings (SSSR count). The van der Waals surface area contributed by atoms with Gasteiger partial charge >= 0.3 is 5.97 Å². The van der Waals surface area contributed by atoms with Gasteiger partial charge in [0.2, 0.25) is 5.01 Å². The Morgan fingerprint density at radius 3 is 2.74 bits per heavy atom. The maximum Gasteiger partial charge on any atom is 0.367 e. The van der Waals surface area contributed by atoms with E-state index in [1.54, 1.807) is 24.3 Å². The van der Waals surface area contributed by atoms with E-state index in [4.69, 9.17) is 4.74 Å². The zero-order valence-electron chi connectivity index (χ0n) is 11.8. The van der Waals surface area contributed by atoms with Gasteiger partial charge in [-0.25, -0.2) is 9.78 Å². The lowest BCUT2D eigenvalue weighted by atomic mass is 10.1. The molecular weight excluding hydrogens is 264 g/mol. The standard InChI is InChI=1S/C13H20N2O3S/c1-5-18-13(17)11-14-10(8-19-11)12(16)15(4)7-6-9(2)3/h8-9H,5-7H2,1-4H3. The molecule has 1 heterocycles. The third-order valence-corrected chi connectivity index (χ3v) is 3.38. The predicted octanol–water partition coefficient (Wildman–Crippen LogP) is 2.44. The maximum atomic E-state index is 12.1. The highest BCUT2D eigenvalue weighted by molar-refractivity contribution is 7.11. The molecule has 0 saturated carbocycles. The van der Waals surface area contributed by atoms with Gasteiger partial charge in [0.1, 0.15) is 5.69 Å². The molecule has 106 valence electrons. The third-order valence-electron chi connectivity index (χ3n) is 2.56. The molecule has 0 saturated heterocycles. The lowest BCUT2D eigenvalue weighted by molar-refractivity contribution is 0.0526. The SMILES string of the molecule is CCOC(=O)c1nc(C(=O)N(C)CCC(C)C)cs1. The highest BCUT2D eigenvalue weighted by Gasteiger charge is 2.19. The Hall–Kier alpha value is -1.43. The molecule has 1 amide bonds. The molecule has 0 aliphatic rings. The zero-order chi connectivity index (χ0) is 14.4. The number of aromatic nitrogens is 1. The van der Waals surface area contributed by atoms with Crippen LogP contribution in [0.25, 0.3) is 0 Å². The fraction of sp³-hybridized carbons (Fsp3) is 0.615. The first kappa shape index (κ1) is 15.6. The van der Waals surface area contributed by atoms with E-state index in [-0.39, 0.29) is 10.9 Å². The summed E-state index contributed by atoms with van der Waals surface area (Å²) in [4.78, 5) is 29.2. The van der Waals surface area contributed by atoms with E-state index in [1.165, 1.54) is 0 Å². The molecule has 0 atom stereocenters. The van der Waals surface area contributed by atoms with E-state index in [2.05, 4.69) is 18.8 Å². The number of rotatable bonds is 6. The molecule has 0 N–H and O–H groups in total. The lowest BCUT2D eigenvalue weighted by Crippen LogP contribution is -2.28. The van der Waals surface area contributed by atoms with Gasteiger partial charge in [-0.1, -0.05) is 13.8 Å². The second kappa shape index (κ2) is 7.23. The van der Waals surface area contributed by atoms with Crippen molar-refractivity contribution < 1.29 is 14.3 Å². The van der Waals surface area contributed by atoms with Gasteiger partial charge in [-0.05, 0) is 19.3 Å². The second-order valence-corrected chi connectivity index (χ2v) is 5.53. The van der Waals surface area contributed by atoms with Crippen molar-refractivity contribution in [1.29, 1.82) is 0 Å². The Labute approximate surface area is 117 Å². The summed E-state index contributed by atoms with van der Waals surface area (Å²) in [6.07, 6.45) is 0.942. The smallest absolute Gasteiger partial charge is 0.367 e. The summed E-state index contributed by atoms with van der Waals surface area (Å²) in [5.74, 6) is -0.0930. The maximum absolute atomic E-state index is 12.1. The van der Waals surface area contributed by atoms with Gasteiger partial charge in [0.15, 0.2) is 0 Å². The molecule has 19 heavy (non-hydrogen) atoms. The van der Waals surface area contributed by atoms with Crippen LogP contribution in [0.4, 0.5) is 0 Å². The van der Waals surface area contributed by atoms with Crippen LogP contribution in [0.15, 0.2) is 5.38 Å². The molecule has 5 nitrogen and oxygen atoms in total. The molecule has 0 aliphatic carbocycles. The molecule has 0 unspecified atom stereocenters. The first-order valence-electron chi connectivity index (χ1n) is 6.33. The molecule has 1 aromatic heterocycles. The van der Waals surface area contributed by atoms with E-state index in [0.717, 1.165) is 17.8 Å². The third kappa shape index (κ3) is 4.63. The highest BCUT2D eigenvalue weighted by Crippen LogP contribution is 2.13. The van der Waals surface area contributed by atoms with E-state index in [9.17, 15) is 9.59 Å². The van der Waals surface area contributed by atoms with Crippen molar-refractivity contribution in [3.8, 4) is 0 Å². The molecular formula is C13H20N2O3S. The van der Waals surface area contributed by atoms with Crippen LogP contribution in [-0.4, -0.2) is 42.0 Å². The van der Waals surface area contributed by atoms with Gasteiger partial charge in [0, 0.05) is 19.0 Å². The Balaban J connectivity index is 2.65.